The molecule has 0 radical (unpaired) electrons. The Balaban J connectivity index is 1.93. The van der Waals surface area contributed by atoms with Gasteiger partial charge in [-0.2, -0.15) is 4.99 Å². The van der Waals surface area contributed by atoms with Crippen LogP contribution in [0.15, 0.2) is 60.1 Å². The molecule has 3 rings (SSSR count). The number of fused-ring (bicyclic) bond motifs is 1. The molecule has 0 aliphatic carbocycles. The molecule has 1 aromatic heterocycles. The number of nitro groups is 1. The summed E-state index contributed by atoms with van der Waals surface area (Å²) >= 11 is 1.23. The minimum atomic E-state index is -0.440. The number of nitro benzene ring substituents is 1. The number of nitrogens with zero attached hydrogens (tertiary/aromatic N) is 3. The van der Waals surface area contributed by atoms with Crippen LogP contribution in [0.5, 0.6) is 5.75 Å². The number of aromatic nitrogens is 1. The van der Waals surface area contributed by atoms with Crippen molar-refractivity contribution in [3.63, 3.8) is 0 Å². The van der Waals surface area contributed by atoms with Crippen LogP contribution in [0.2, 0.25) is 0 Å². The summed E-state index contributed by atoms with van der Waals surface area (Å²) in [6.07, 6.45) is 4.88. The third kappa shape index (κ3) is 5.01. The maximum Gasteiger partial charge on any atom is 0.279 e. The van der Waals surface area contributed by atoms with Crippen LogP contribution in [0, 0.1) is 10.1 Å². The maximum atomic E-state index is 12.8. The molecule has 1 heterocycles. The fourth-order valence-corrected chi connectivity index (χ4v) is 4.05. The van der Waals surface area contributed by atoms with Gasteiger partial charge in [0.2, 0.25) is 0 Å². The minimum Gasteiger partial charge on any atom is -0.494 e. The van der Waals surface area contributed by atoms with Gasteiger partial charge in [0.15, 0.2) is 4.80 Å². The molecule has 3 aromatic rings. The van der Waals surface area contributed by atoms with Gasteiger partial charge in [-0.25, -0.2) is 0 Å². The summed E-state index contributed by atoms with van der Waals surface area (Å²) in [5.41, 5.74) is 1.20. The Morgan fingerprint density at radius 3 is 2.87 bits per heavy atom. The molecule has 0 atom stereocenters. The van der Waals surface area contributed by atoms with Crippen LogP contribution in [0.25, 0.3) is 10.2 Å². The molecule has 0 N–H and O–H groups in total. The summed E-state index contributed by atoms with van der Waals surface area (Å²) < 4.78 is 8.23. The lowest BCUT2D eigenvalue weighted by Crippen LogP contribution is -2.16. The number of carbonyl (C=O) groups is 1. The van der Waals surface area contributed by atoms with Crippen molar-refractivity contribution < 1.29 is 14.5 Å². The van der Waals surface area contributed by atoms with E-state index in [1.807, 2.05) is 10.6 Å². The average Bonchev–Trinajstić information content (AvgIpc) is 3.08. The second-order valence-electron chi connectivity index (χ2n) is 6.69. The number of hydrogen-bond donors (Lipinski definition) is 0. The van der Waals surface area contributed by atoms with E-state index in [1.165, 1.54) is 23.5 Å². The smallest absolute Gasteiger partial charge is 0.279 e. The fraction of sp³-hybridized carbons (Fsp3) is 0.273. The van der Waals surface area contributed by atoms with E-state index in [0.717, 1.165) is 24.8 Å². The molecule has 2 aromatic carbocycles. The highest BCUT2D eigenvalue weighted by atomic mass is 32.1. The van der Waals surface area contributed by atoms with Crippen LogP contribution in [-0.2, 0) is 6.54 Å². The zero-order chi connectivity index (χ0) is 21.5. The lowest BCUT2D eigenvalue weighted by Gasteiger charge is -2.06. The Kier molecular flexibility index (Phi) is 7.13. The summed E-state index contributed by atoms with van der Waals surface area (Å²) in [4.78, 5) is 28.2. The number of carbonyl (C=O) groups excluding carboxylic acids is 1. The number of amides is 1. The zero-order valence-corrected chi connectivity index (χ0v) is 17.6. The molecule has 0 spiro atoms. The first-order valence-corrected chi connectivity index (χ1v) is 10.6. The molecule has 0 bridgehead atoms. The topological polar surface area (TPSA) is 86.7 Å². The van der Waals surface area contributed by atoms with Crippen LogP contribution < -0.4 is 9.54 Å². The molecular weight excluding hydrogens is 402 g/mol. The van der Waals surface area contributed by atoms with Crippen molar-refractivity contribution in [3.05, 3.63) is 75.6 Å². The summed E-state index contributed by atoms with van der Waals surface area (Å²) in [5.74, 6) is 0.242. The molecular formula is C22H23N3O4S. The largest absolute Gasteiger partial charge is 0.494 e. The Morgan fingerprint density at radius 2 is 2.13 bits per heavy atom. The van der Waals surface area contributed by atoms with Gasteiger partial charge < -0.3 is 9.30 Å². The summed E-state index contributed by atoms with van der Waals surface area (Å²) in [7, 11) is 0. The highest BCUT2D eigenvalue weighted by Crippen LogP contribution is 2.23. The molecule has 0 saturated carbocycles. The predicted molar refractivity (Wildman–Crippen MR) is 118 cm³/mol. The van der Waals surface area contributed by atoms with Gasteiger partial charge in [0.25, 0.3) is 11.6 Å². The number of thiazole rings is 1. The van der Waals surface area contributed by atoms with E-state index in [-0.39, 0.29) is 5.69 Å². The quantitative estimate of drug-likeness (QED) is 0.206. The van der Waals surface area contributed by atoms with E-state index < -0.39 is 10.8 Å². The van der Waals surface area contributed by atoms with E-state index >= 15 is 0 Å². The SMILES string of the molecule is C=CCn1c(=NC(=O)c2cccc(OCCCCC)c2)sc2cc([N+](=O)[O-])ccc21. The maximum absolute atomic E-state index is 12.8. The van der Waals surface area contributed by atoms with Gasteiger partial charge in [0.1, 0.15) is 5.75 Å². The molecule has 0 fully saturated rings. The van der Waals surface area contributed by atoms with Crippen LogP contribution in [-0.4, -0.2) is 22.0 Å². The van der Waals surface area contributed by atoms with Gasteiger partial charge in [0, 0.05) is 24.2 Å². The van der Waals surface area contributed by atoms with Crippen LogP contribution in [0.1, 0.15) is 36.5 Å². The van der Waals surface area contributed by atoms with Crippen molar-refractivity contribution in [2.24, 2.45) is 4.99 Å². The molecule has 0 saturated heterocycles. The molecule has 30 heavy (non-hydrogen) atoms. The molecule has 0 unspecified atom stereocenters. The van der Waals surface area contributed by atoms with E-state index in [4.69, 9.17) is 4.74 Å². The minimum absolute atomic E-state index is 0.000280. The van der Waals surface area contributed by atoms with Gasteiger partial charge >= 0.3 is 0 Å². The second-order valence-corrected chi connectivity index (χ2v) is 7.70. The van der Waals surface area contributed by atoms with Crippen molar-refractivity contribution >= 4 is 33.1 Å². The third-order valence-electron chi connectivity index (χ3n) is 4.48. The number of unbranched alkanes of at least 4 members (excludes halogenated alkanes) is 2. The third-order valence-corrected chi connectivity index (χ3v) is 5.52. The number of benzene rings is 2. The van der Waals surface area contributed by atoms with Crippen LogP contribution in [0.3, 0.4) is 0 Å². The van der Waals surface area contributed by atoms with Crippen molar-refractivity contribution in [3.8, 4) is 5.75 Å². The summed E-state index contributed by atoms with van der Waals surface area (Å²) in [5, 5.41) is 11.1. The molecule has 7 nitrogen and oxygen atoms in total. The molecule has 1 amide bonds. The Hall–Kier alpha value is -3.26. The standard InChI is InChI=1S/C22H23N3O4S/c1-3-5-6-13-29-18-9-7-8-16(14-18)21(26)23-22-24(12-4-2)19-11-10-17(25(27)28)15-20(19)30-22/h4,7-11,14-15H,2-3,5-6,12-13H2,1H3. The van der Waals surface area contributed by atoms with E-state index in [1.54, 1.807) is 30.3 Å². The van der Waals surface area contributed by atoms with Crippen LogP contribution in [0.4, 0.5) is 5.69 Å². The lowest BCUT2D eigenvalue weighted by molar-refractivity contribution is -0.384. The van der Waals surface area contributed by atoms with Gasteiger partial charge in [0.05, 0.1) is 21.7 Å². The normalized spacial score (nSPS) is 11.6. The van der Waals surface area contributed by atoms with Crippen molar-refractivity contribution in [2.75, 3.05) is 6.61 Å². The van der Waals surface area contributed by atoms with E-state index in [2.05, 4.69) is 18.5 Å². The first kappa shape index (κ1) is 21.4. The van der Waals surface area contributed by atoms with Crippen molar-refractivity contribution in [2.45, 2.75) is 32.7 Å². The number of allylic oxidation sites excluding steroid dienone is 1. The van der Waals surface area contributed by atoms with Gasteiger partial charge in [-0.3, -0.25) is 14.9 Å². The first-order chi connectivity index (χ1) is 14.5. The Morgan fingerprint density at radius 1 is 1.30 bits per heavy atom. The van der Waals surface area contributed by atoms with Crippen molar-refractivity contribution in [1.82, 2.24) is 4.57 Å². The highest BCUT2D eigenvalue weighted by molar-refractivity contribution is 7.16. The van der Waals surface area contributed by atoms with Crippen molar-refractivity contribution in [1.29, 1.82) is 0 Å². The molecule has 0 aliphatic heterocycles. The molecule has 0 aliphatic rings. The lowest BCUT2D eigenvalue weighted by atomic mass is 10.2. The zero-order valence-electron chi connectivity index (χ0n) is 16.7. The van der Waals surface area contributed by atoms with E-state index in [0.29, 0.717) is 34.0 Å². The van der Waals surface area contributed by atoms with Crippen LogP contribution >= 0.6 is 11.3 Å². The molecule has 8 heteroatoms. The number of ether oxygens (including phenoxy) is 1. The van der Waals surface area contributed by atoms with E-state index in [9.17, 15) is 14.9 Å². The number of hydrogen-bond acceptors (Lipinski definition) is 5. The first-order valence-electron chi connectivity index (χ1n) is 9.74. The monoisotopic (exact) mass is 425 g/mol. The van der Waals surface area contributed by atoms with Gasteiger partial charge in [-0.1, -0.05) is 43.2 Å². The number of non-ortho nitro benzene ring substituents is 1. The summed E-state index contributed by atoms with van der Waals surface area (Å²) in [6.45, 7) is 6.93. The Labute approximate surface area is 178 Å². The highest BCUT2D eigenvalue weighted by Gasteiger charge is 2.13. The fourth-order valence-electron chi connectivity index (χ4n) is 2.98. The Bertz CT molecular complexity index is 1150. The van der Waals surface area contributed by atoms with Gasteiger partial charge in [-0.15, -0.1) is 6.58 Å². The van der Waals surface area contributed by atoms with Gasteiger partial charge in [-0.05, 0) is 30.7 Å². The summed E-state index contributed by atoms with van der Waals surface area (Å²) in [6, 6.07) is 11.6. The number of rotatable bonds is 9. The predicted octanol–water partition coefficient (Wildman–Crippen LogP) is 5.11. The molecule has 156 valence electrons. The second kappa shape index (κ2) is 9.98. The average molecular weight is 426 g/mol.